The smallest absolute Gasteiger partial charge is 0.342 e. The summed E-state index contributed by atoms with van der Waals surface area (Å²) in [5.74, 6) is -4.31. The summed E-state index contributed by atoms with van der Waals surface area (Å²) in [7, 11) is 0. The van der Waals surface area contributed by atoms with E-state index in [1.165, 1.54) is 0 Å². The van der Waals surface area contributed by atoms with Gasteiger partial charge in [-0.15, -0.1) is 9.46 Å². The van der Waals surface area contributed by atoms with Crippen molar-refractivity contribution in [3.63, 3.8) is 0 Å². The zero-order chi connectivity index (χ0) is 19.3. The van der Waals surface area contributed by atoms with Crippen molar-refractivity contribution < 1.29 is 39.7 Å². The van der Waals surface area contributed by atoms with Gasteiger partial charge in [0.25, 0.3) is 0 Å². The third-order valence-corrected chi connectivity index (χ3v) is 3.05. The summed E-state index contributed by atoms with van der Waals surface area (Å²) < 4.78 is 0.857. The van der Waals surface area contributed by atoms with Crippen molar-refractivity contribution in [3.05, 3.63) is 34.7 Å². The Balaban J connectivity index is 1.98. The maximum atomic E-state index is 12.0. The third kappa shape index (κ3) is 4.10. The highest BCUT2D eigenvalue weighted by molar-refractivity contribution is 5.78. The van der Waals surface area contributed by atoms with Gasteiger partial charge < -0.3 is 30.1 Å². The first-order valence-electron chi connectivity index (χ1n) is 7.00. The third-order valence-electron chi connectivity index (χ3n) is 3.05. The highest BCUT2D eigenvalue weighted by Crippen LogP contribution is 2.20. The molecule has 0 aliphatic carbocycles. The largest absolute Gasteiger partial charge is 0.492 e. The van der Waals surface area contributed by atoms with E-state index in [1.54, 1.807) is 0 Å². The molecule has 0 saturated heterocycles. The minimum Gasteiger partial charge on any atom is -0.492 e. The van der Waals surface area contributed by atoms with Gasteiger partial charge in [0.15, 0.2) is 0 Å². The van der Waals surface area contributed by atoms with E-state index in [1.807, 2.05) is 0 Å². The monoisotopic (exact) mass is 367 g/mol. The number of aromatic nitrogens is 2. The molecule has 0 fully saturated rings. The Kier molecular flexibility index (Phi) is 5.45. The standard InChI is InChI=1S/C13H13N5O8/c14-16-15-7(13(24)26-18-10(21)4-5-11(18)22)1-6-12(23)25-17-8(19)2-3-9(17)20/h2-5,7,19-22H,1,6H2. The first-order valence-corrected chi connectivity index (χ1v) is 7.00. The topological polar surface area (TPSA) is 192 Å². The van der Waals surface area contributed by atoms with E-state index in [4.69, 9.17) is 5.53 Å². The highest BCUT2D eigenvalue weighted by Gasteiger charge is 2.24. The molecule has 2 aromatic heterocycles. The van der Waals surface area contributed by atoms with E-state index in [-0.39, 0.29) is 6.42 Å². The van der Waals surface area contributed by atoms with Crippen LogP contribution in [-0.2, 0) is 9.59 Å². The average Bonchev–Trinajstić information content (AvgIpc) is 3.08. The molecule has 0 aliphatic heterocycles. The molecule has 2 heterocycles. The van der Waals surface area contributed by atoms with Gasteiger partial charge in [-0.2, -0.15) is 0 Å². The first-order chi connectivity index (χ1) is 12.3. The fourth-order valence-electron chi connectivity index (χ4n) is 1.83. The minimum atomic E-state index is -1.47. The second-order valence-corrected chi connectivity index (χ2v) is 4.82. The van der Waals surface area contributed by atoms with Crippen LogP contribution in [0.2, 0.25) is 0 Å². The molecule has 138 valence electrons. The van der Waals surface area contributed by atoms with Crippen LogP contribution in [0.1, 0.15) is 12.8 Å². The molecule has 0 aliphatic rings. The highest BCUT2D eigenvalue weighted by atomic mass is 16.7. The quantitative estimate of drug-likeness (QED) is 0.302. The molecule has 4 N–H and O–H groups in total. The number of rotatable bonds is 7. The van der Waals surface area contributed by atoms with Gasteiger partial charge >= 0.3 is 11.9 Å². The van der Waals surface area contributed by atoms with E-state index in [2.05, 4.69) is 19.7 Å². The summed E-state index contributed by atoms with van der Waals surface area (Å²) >= 11 is 0. The van der Waals surface area contributed by atoms with Gasteiger partial charge in [-0.25, -0.2) is 9.59 Å². The normalized spacial score (nSPS) is 11.4. The summed E-state index contributed by atoms with van der Waals surface area (Å²) in [5, 5.41) is 40.7. The molecule has 0 spiro atoms. The predicted octanol–water partition coefficient (Wildman–Crippen LogP) is 0.182. The number of aromatic hydroxyl groups is 4. The molecule has 13 heteroatoms. The summed E-state index contributed by atoms with van der Waals surface area (Å²) in [6.07, 6.45) is -0.785. The van der Waals surface area contributed by atoms with Crippen LogP contribution in [0.25, 0.3) is 10.4 Å². The lowest BCUT2D eigenvalue weighted by Crippen LogP contribution is -2.30. The van der Waals surface area contributed by atoms with Gasteiger partial charge in [-0.3, -0.25) is 0 Å². The lowest BCUT2D eigenvalue weighted by atomic mass is 10.2. The second-order valence-electron chi connectivity index (χ2n) is 4.82. The SMILES string of the molecule is [N-]=[N+]=NC(CCC(=O)On1c(O)ccc1O)C(=O)On1c(O)ccc1O. The molecule has 0 bridgehead atoms. The molecule has 13 nitrogen and oxygen atoms in total. The predicted molar refractivity (Wildman–Crippen MR) is 80.9 cm³/mol. The molecule has 0 radical (unpaired) electrons. The molecular weight excluding hydrogens is 354 g/mol. The van der Waals surface area contributed by atoms with Crippen molar-refractivity contribution in [1.29, 1.82) is 0 Å². The Labute approximate surface area is 144 Å². The Morgan fingerprint density at radius 3 is 1.92 bits per heavy atom. The minimum absolute atomic E-state index is 0.340. The van der Waals surface area contributed by atoms with Gasteiger partial charge in [0.1, 0.15) is 6.04 Å². The van der Waals surface area contributed by atoms with Crippen molar-refractivity contribution in [2.45, 2.75) is 18.9 Å². The number of carbonyl (C=O) groups excluding carboxylic acids is 2. The van der Waals surface area contributed by atoms with Gasteiger partial charge in [0, 0.05) is 35.6 Å². The van der Waals surface area contributed by atoms with Crippen molar-refractivity contribution in [2.24, 2.45) is 5.11 Å². The summed E-state index contributed by atoms with van der Waals surface area (Å²) in [5.41, 5.74) is 8.52. The van der Waals surface area contributed by atoms with Crippen LogP contribution < -0.4 is 9.68 Å². The molecule has 26 heavy (non-hydrogen) atoms. The summed E-state index contributed by atoms with van der Waals surface area (Å²) in [6.45, 7) is 0. The van der Waals surface area contributed by atoms with Crippen molar-refractivity contribution >= 4 is 11.9 Å². The second kappa shape index (κ2) is 7.72. The van der Waals surface area contributed by atoms with Gasteiger partial charge in [-0.05, 0) is 12.0 Å². The lowest BCUT2D eigenvalue weighted by Gasteiger charge is -2.12. The van der Waals surface area contributed by atoms with E-state index in [9.17, 15) is 30.0 Å². The van der Waals surface area contributed by atoms with Gasteiger partial charge in [-0.1, -0.05) is 5.11 Å². The van der Waals surface area contributed by atoms with Crippen molar-refractivity contribution in [3.8, 4) is 23.5 Å². The van der Waals surface area contributed by atoms with Crippen LogP contribution in [0, 0.1) is 0 Å². The van der Waals surface area contributed by atoms with Crippen LogP contribution in [0.15, 0.2) is 29.4 Å². The molecule has 2 rings (SSSR count). The molecule has 1 unspecified atom stereocenters. The molecule has 0 aromatic carbocycles. The molecule has 2 aromatic rings. The van der Waals surface area contributed by atoms with E-state index in [0.717, 1.165) is 24.3 Å². The van der Waals surface area contributed by atoms with Crippen LogP contribution in [-0.4, -0.2) is 47.9 Å². The summed E-state index contributed by atoms with van der Waals surface area (Å²) in [4.78, 5) is 35.5. The maximum absolute atomic E-state index is 12.0. The van der Waals surface area contributed by atoms with E-state index >= 15 is 0 Å². The van der Waals surface area contributed by atoms with E-state index < -0.39 is 47.9 Å². The molecule has 0 amide bonds. The van der Waals surface area contributed by atoms with Crippen molar-refractivity contribution in [2.75, 3.05) is 0 Å². The number of hydrogen-bond acceptors (Lipinski definition) is 9. The number of azide groups is 1. The average molecular weight is 367 g/mol. The van der Waals surface area contributed by atoms with Crippen molar-refractivity contribution in [1.82, 2.24) is 9.46 Å². The number of hydrogen-bond donors (Lipinski definition) is 4. The van der Waals surface area contributed by atoms with Gasteiger partial charge in [0.05, 0.1) is 0 Å². The Hall–Kier alpha value is -3.99. The Morgan fingerprint density at radius 2 is 1.46 bits per heavy atom. The fraction of sp³-hybridized carbons (Fsp3) is 0.231. The first kappa shape index (κ1) is 18.4. The van der Waals surface area contributed by atoms with E-state index in [0.29, 0.717) is 9.46 Å². The molecule has 1 atom stereocenters. The Morgan fingerprint density at radius 1 is 1.00 bits per heavy atom. The fourth-order valence-corrected chi connectivity index (χ4v) is 1.83. The van der Waals surface area contributed by atoms with Gasteiger partial charge in [0.2, 0.25) is 23.5 Å². The van der Waals surface area contributed by atoms with Crippen LogP contribution in [0.3, 0.4) is 0 Å². The molecular formula is C13H13N5O8. The lowest BCUT2D eigenvalue weighted by molar-refractivity contribution is -0.148. The van der Waals surface area contributed by atoms with Crippen LogP contribution in [0.5, 0.6) is 23.5 Å². The van der Waals surface area contributed by atoms with Crippen LogP contribution in [0.4, 0.5) is 0 Å². The number of carbonyl (C=O) groups is 2. The number of nitrogens with zero attached hydrogens (tertiary/aromatic N) is 5. The zero-order valence-corrected chi connectivity index (χ0v) is 13.0. The zero-order valence-electron chi connectivity index (χ0n) is 13.0. The summed E-state index contributed by atoms with van der Waals surface area (Å²) in [6, 6.07) is 2.80. The van der Waals surface area contributed by atoms with Crippen LogP contribution >= 0.6 is 0 Å². The molecule has 0 saturated carbocycles. The maximum Gasteiger partial charge on any atom is 0.342 e. The Bertz CT molecular complexity index is 827.